The van der Waals surface area contributed by atoms with Crippen LogP contribution in [0.15, 0.2) is 97.2 Å². The number of rotatable bonds is 49. The van der Waals surface area contributed by atoms with E-state index < -0.39 is 6.10 Å². The molecule has 6 nitrogen and oxygen atoms in total. The zero-order chi connectivity index (χ0) is 48.6. The van der Waals surface area contributed by atoms with Gasteiger partial charge in [-0.05, 0) is 116 Å². The minimum atomic E-state index is -0.801. The van der Waals surface area contributed by atoms with E-state index in [2.05, 4.69) is 118 Å². The van der Waals surface area contributed by atoms with Crippen LogP contribution in [0.5, 0.6) is 0 Å². The summed E-state index contributed by atoms with van der Waals surface area (Å²) < 4.78 is 16.8. The average Bonchev–Trinajstić information content (AvgIpc) is 3.33. The number of hydrogen-bond donors (Lipinski definition) is 0. The lowest BCUT2D eigenvalue weighted by Gasteiger charge is -2.18. The van der Waals surface area contributed by atoms with Crippen LogP contribution in [0.4, 0.5) is 0 Å². The van der Waals surface area contributed by atoms with Crippen molar-refractivity contribution in [2.45, 2.75) is 258 Å². The smallest absolute Gasteiger partial charge is 0.306 e. The minimum Gasteiger partial charge on any atom is -0.462 e. The van der Waals surface area contributed by atoms with Crippen LogP contribution in [0, 0.1) is 0 Å². The van der Waals surface area contributed by atoms with Crippen LogP contribution in [-0.4, -0.2) is 37.2 Å². The van der Waals surface area contributed by atoms with E-state index in [-0.39, 0.29) is 37.5 Å². The maximum atomic E-state index is 12.8. The molecule has 0 aromatic heterocycles. The molecule has 0 N–H and O–H groups in total. The van der Waals surface area contributed by atoms with Crippen molar-refractivity contribution in [3.8, 4) is 0 Å². The quantitative estimate of drug-likeness (QED) is 0.0262. The maximum absolute atomic E-state index is 12.8. The SMILES string of the molecule is CC/C=C\C/C=C\C/C=C\C/C=C\C/C=C\CCCCCC(=O)O[C@@H](COC(=O)CCCCCCC/C=C\CCCC)COC(=O)CCCCCCCCCCC/C=C\C/C=C\CCCCC. The summed E-state index contributed by atoms with van der Waals surface area (Å²) in [6.45, 7) is 6.42. The molecule has 6 heteroatoms. The Hall–Kier alpha value is -3.67. The van der Waals surface area contributed by atoms with Crippen LogP contribution in [0.25, 0.3) is 0 Å². The van der Waals surface area contributed by atoms with Gasteiger partial charge in [-0.1, -0.05) is 214 Å². The summed E-state index contributed by atoms with van der Waals surface area (Å²) >= 11 is 0. The van der Waals surface area contributed by atoms with Crippen LogP contribution in [0.2, 0.25) is 0 Å². The molecular weight excluding hydrogens is 829 g/mol. The van der Waals surface area contributed by atoms with Gasteiger partial charge in [0.2, 0.25) is 0 Å². The van der Waals surface area contributed by atoms with Gasteiger partial charge in [0.25, 0.3) is 0 Å². The molecule has 0 spiro atoms. The molecule has 0 saturated carbocycles. The number of carbonyl (C=O) groups excluding carboxylic acids is 3. The lowest BCUT2D eigenvalue weighted by atomic mass is 10.1. The number of esters is 3. The van der Waals surface area contributed by atoms with E-state index in [1.807, 2.05) is 0 Å². The molecule has 0 rings (SSSR count). The minimum absolute atomic E-state index is 0.0964. The normalized spacial score (nSPS) is 12.8. The first-order chi connectivity index (χ1) is 33.0. The Labute approximate surface area is 413 Å². The summed E-state index contributed by atoms with van der Waals surface area (Å²) in [5, 5.41) is 0. The zero-order valence-electron chi connectivity index (χ0n) is 43.6. The summed E-state index contributed by atoms with van der Waals surface area (Å²) in [5.41, 5.74) is 0. The van der Waals surface area contributed by atoms with Gasteiger partial charge in [-0.2, -0.15) is 0 Å². The summed E-state index contributed by atoms with van der Waals surface area (Å²) in [6, 6.07) is 0. The van der Waals surface area contributed by atoms with Gasteiger partial charge in [-0.3, -0.25) is 14.4 Å². The average molecular weight is 931 g/mol. The van der Waals surface area contributed by atoms with E-state index in [0.717, 1.165) is 116 Å². The van der Waals surface area contributed by atoms with Gasteiger partial charge < -0.3 is 14.2 Å². The highest BCUT2D eigenvalue weighted by Crippen LogP contribution is 2.14. The first-order valence-corrected chi connectivity index (χ1v) is 27.7. The number of unbranched alkanes of at least 4 members (excludes halogenated alkanes) is 22. The summed E-state index contributed by atoms with van der Waals surface area (Å²) in [7, 11) is 0. The number of hydrogen-bond acceptors (Lipinski definition) is 6. The van der Waals surface area contributed by atoms with E-state index in [4.69, 9.17) is 14.2 Å². The van der Waals surface area contributed by atoms with Gasteiger partial charge in [0.05, 0.1) is 0 Å². The van der Waals surface area contributed by atoms with Crippen molar-refractivity contribution < 1.29 is 28.6 Å². The lowest BCUT2D eigenvalue weighted by Crippen LogP contribution is -2.30. The monoisotopic (exact) mass is 931 g/mol. The number of carbonyl (C=O) groups is 3. The molecule has 0 aromatic rings. The van der Waals surface area contributed by atoms with E-state index in [1.165, 1.54) is 96.3 Å². The van der Waals surface area contributed by atoms with Gasteiger partial charge in [0, 0.05) is 19.3 Å². The van der Waals surface area contributed by atoms with Crippen LogP contribution >= 0.6 is 0 Å². The molecule has 0 aliphatic carbocycles. The Morgan fingerprint density at radius 3 is 0.985 bits per heavy atom. The van der Waals surface area contributed by atoms with E-state index >= 15 is 0 Å². The first-order valence-electron chi connectivity index (χ1n) is 27.7. The second kappa shape index (κ2) is 54.9. The second-order valence-corrected chi connectivity index (χ2v) is 18.1. The molecule has 382 valence electrons. The van der Waals surface area contributed by atoms with Crippen molar-refractivity contribution >= 4 is 17.9 Å². The molecule has 0 heterocycles. The lowest BCUT2D eigenvalue weighted by molar-refractivity contribution is -0.167. The van der Waals surface area contributed by atoms with Crippen molar-refractivity contribution in [1.29, 1.82) is 0 Å². The third kappa shape index (κ3) is 53.2. The first kappa shape index (κ1) is 63.3. The predicted octanol–water partition coefficient (Wildman–Crippen LogP) is 18.5. The Morgan fingerprint density at radius 2 is 0.597 bits per heavy atom. The molecule has 0 saturated heterocycles. The molecule has 1 atom stereocenters. The fourth-order valence-electron chi connectivity index (χ4n) is 7.36. The van der Waals surface area contributed by atoms with Gasteiger partial charge in [0.1, 0.15) is 13.2 Å². The number of ether oxygens (including phenoxy) is 3. The van der Waals surface area contributed by atoms with Crippen molar-refractivity contribution in [3.63, 3.8) is 0 Å². The van der Waals surface area contributed by atoms with E-state index in [1.54, 1.807) is 0 Å². The molecule has 0 radical (unpaired) electrons. The third-order valence-corrected chi connectivity index (χ3v) is 11.5. The largest absolute Gasteiger partial charge is 0.462 e. The van der Waals surface area contributed by atoms with Gasteiger partial charge in [-0.25, -0.2) is 0 Å². The van der Waals surface area contributed by atoms with Crippen molar-refractivity contribution in [2.24, 2.45) is 0 Å². The second-order valence-electron chi connectivity index (χ2n) is 18.1. The highest BCUT2D eigenvalue weighted by atomic mass is 16.6. The molecule has 67 heavy (non-hydrogen) atoms. The fraction of sp³-hybridized carbons (Fsp3) is 0.689. The molecule has 0 amide bonds. The zero-order valence-corrected chi connectivity index (χ0v) is 43.6. The van der Waals surface area contributed by atoms with Crippen LogP contribution in [-0.2, 0) is 28.6 Å². The Kier molecular flexibility index (Phi) is 51.9. The predicted molar refractivity (Wildman–Crippen MR) is 288 cm³/mol. The molecule has 0 bridgehead atoms. The van der Waals surface area contributed by atoms with Crippen molar-refractivity contribution in [3.05, 3.63) is 97.2 Å². The standard InChI is InChI=1S/C61H102O6/c1-4-7-10-13-16-19-22-24-26-28-30-32-34-36-39-42-45-48-51-54-60(63)66-57-58(56-65-59(62)53-50-47-44-41-38-21-18-15-12-9-6-3)67-61(64)55-52-49-46-43-40-37-35-33-31-29-27-25-23-20-17-14-11-8-5-2/h8,11,15-20,24-27,31,33,37,40,58H,4-7,9-10,12-14,21-23,28-30,32,34-36,38-39,41-57H2,1-3H3/b11-8-,18-15-,19-16-,20-17-,26-24-,27-25-,33-31-,40-37-/t58-/m0/s1. The summed E-state index contributed by atoms with van der Waals surface area (Å²) in [5.74, 6) is -0.943. The van der Waals surface area contributed by atoms with Crippen molar-refractivity contribution in [2.75, 3.05) is 13.2 Å². The van der Waals surface area contributed by atoms with Crippen molar-refractivity contribution in [1.82, 2.24) is 0 Å². The molecule has 0 fully saturated rings. The molecule has 0 unspecified atom stereocenters. The molecule has 0 aromatic carbocycles. The van der Waals surface area contributed by atoms with Crippen LogP contribution < -0.4 is 0 Å². The Morgan fingerprint density at radius 1 is 0.313 bits per heavy atom. The molecule has 0 aliphatic rings. The topological polar surface area (TPSA) is 78.9 Å². The van der Waals surface area contributed by atoms with Gasteiger partial charge in [0.15, 0.2) is 6.10 Å². The van der Waals surface area contributed by atoms with Crippen LogP contribution in [0.1, 0.15) is 252 Å². The van der Waals surface area contributed by atoms with E-state index in [0.29, 0.717) is 12.8 Å². The summed E-state index contributed by atoms with van der Waals surface area (Å²) in [6.07, 6.45) is 72.5. The maximum Gasteiger partial charge on any atom is 0.306 e. The summed E-state index contributed by atoms with van der Waals surface area (Å²) in [4.78, 5) is 38.1. The third-order valence-electron chi connectivity index (χ3n) is 11.5. The van der Waals surface area contributed by atoms with Gasteiger partial charge in [-0.15, -0.1) is 0 Å². The molecular formula is C61H102O6. The highest BCUT2D eigenvalue weighted by Gasteiger charge is 2.19. The number of allylic oxidation sites excluding steroid dienone is 16. The van der Waals surface area contributed by atoms with Crippen LogP contribution in [0.3, 0.4) is 0 Å². The Balaban J connectivity index is 4.43. The van der Waals surface area contributed by atoms with E-state index in [9.17, 15) is 14.4 Å². The van der Waals surface area contributed by atoms with Gasteiger partial charge >= 0.3 is 17.9 Å². The molecule has 0 aliphatic heterocycles. The Bertz CT molecular complexity index is 1350. The highest BCUT2D eigenvalue weighted by molar-refractivity contribution is 5.71. The fourth-order valence-corrected chi connectivity index (χ4v) is 7.36.